The Kier molecular flexibility index (Phi) is 10.1. The van der Waals surface area contributed by atoms with E-state index in [-0.39, 0.29) is 22.9 Å². The first-order valence-electron chi connectivity index (χ1n) is 12.5. The van der Waals surface area contributed by atoms with Gasteiger partial charge in [0.1, 0.15) is 11.5 Å². The van der Waals surface area contributed by atoms with E-state index in [1.165, 1.54) is 55.8 Å². The topological polar surface area (TPSA) is 149 Å². The third-order valence-corrected chi connectivity index (χ3v) is 6.28. The van der Waals surface area contributed by atoms with Gasteiger partial charge >= 0.3 is 5.97 Å². The maximum absolute atomic E-state index is 12.7. The van der Waals surface area contributed by atoms with Gasteiger partial charge < -0.3 is 14.8 Å². The van der Waals surface area contributed by atoms with Crippen LogP contribution in [0.4, 0.5) is 11.4 Å². The smallest absolute Gasteiger partial charge is 0.336 e. The highest BCUT2D eigenvalue weighted by Crippen LogP contribution is 2.23. The van der Waals surface area contributed by atoms with Crippen LogP contribution in [-0.4, -0.2) is 36.0 Å². The van der Waals surface area contributed by atoms with E-state index in [1.54, 1.807) is 60.7 Å². The number of esters is 1. The van der Waals surface area contributed by atoms with Gasteiger partial charge in [-0.25, -0.2) is 10.2 Å². The minimum Gasteiger partial charge on any atom is -0.497 e. The number of halogens is 1. The number of methoxy groups -OCH3 is 1. The molecule has 2 amide bonds. The van der Waals surface area contributed by atoms with Gasteiger partial charge in [-0.05, 0) is 78.4 Å². The summed E-state index contributed by atoms with van der Waals surface area (Å²) in [5.74, 6) is -0.864. The minimum atomic E-state index is -0.688. The molecule has 0 saturated carbocycles. The highest BCUT2D eigenvalue weighted by Gasteiger charge is 2.11. The molecule has 4 aromatic carbocycles. The van der Waals surface area contributed by atoms with E-state index in [0.717, 1.165) is 0 Å². The van der Waals surface area contributed by atoms with Gasteiger partial charge in [-0.1, -0.05) is 28.1 Å². The summed E-state index contributed by atoms with van der Waals surface area (Å²) in [7, 11) is 1.51. The molecule has 4 aromatic rings. The van der Waals surface area contributed by atoms with Crippen LogP contribution in [0.25, 0.3) is 6.08 Å². The van der Waals surface area contributed by atoms with Gasteiger partial charge in [0.05, 0.1) is 18.2 Å². The van der Waals surface area contributed by atoms with E-state index in [9.17, 15) is 24.5 Å². The quantitative estimate of drug-likeness (QED) is 0.0538. The fraction of sp³-hybridized carbons (Fsp3) is 0.0323. The Morgan fingerprint density at radius 2 is 1.63 bits per heavy atom. The fourth-order valence-electron chi connectivity index (χ4n) is 3.66. The Hall–Kier alpha value is -5.62. The lowest BCUT2D eigenvalue weighted by Gasteiger charge is -2.08. The summed E-state index contributed by atoms with van der Waals surface area (Å²) in [5.41, 5.74) is 4.38. The Morgan fingerprint density at radius 1 is 0.907 bits per heavy atom. The van der Waals surface area contributed by atoms with Crippen LogP contribution in [0.2, 0.25) is 0 Å². The number of anilines is 1. The molecule has 0 saturated heterocycles. The molecule has 4 rings (SSSR count). The predicted octanol–water partition coefficient (Wildman–Crippen LogP) is 6.00. The number of benzene rings is 4. The molecule has 0 aliphatic carbocycles. The summed E-state index contributed by atoms with van der Waals surface area (Å²) >= 11 is 3.36. The molecular weight excluding hydrogens is 620 g/mol. The van der Waals surface area contributed by atoms with Crippen molar-refractivity contribution in [2.24, 2.45) is 5.10 Å². The number of nitro groups is 1. The zero-order valence-corrected chi connectivity index (χ0v) is 24.1. The van der Waals surface area contributed by atoms with Gasteiger partial charge in [0.15, 0.2) is 0 Å². The minimum absolute atomic E-state index is 0.0606. The van der Waals surface area contributed by atoms with Crippen LogP contribution in [0.5, 0.6) is 11.5 Å². The summed E-state index contributed by atoms with van der Waals surface area (Å²) in [4.78, 5) is 48.1. The number of nitrogens with one attached hydrogen (secondary N) is 2. The lowest BCUT2D eigenvalue weighted by molar-refractivity contribution is -0.384. The van der Waals surface area contributed by atoms with Crippen LogP contribution < -0.4 is 20.2 Å². The SMILES string of the molecule is COc1cccc(C(=O)Nc2cccc(C(=O)NN=Cc3cc(Br)ccc3OC(=O)/C=C/c3ccc([N+](=O)[O-])cc3)c2)c1. The summed E-state index contributed by atoms with van der Waals surface area (Å²) in [6.07, 6.45) is 3.97. The van der Waals surface area contributed by atoms with Gasteiger partial charge in [-0.15, -0.1) is 0 Å². The molecule has 0 fully saturated rings. The summed E-state index contributed by atoms with van der Waals surface area (Å²) in [6.45, 7) is 0. The first-order valence-corrected chi connectivity index (χ1v) is 13.3. The van der Waals surface area contributed by atoms with Crippen LogP contribution in [0.3, 0.4) is 0 Å². The van der Waals surface area contributed by atoms with Crippen molar-refractivity contribution >= 4 is 57.4 Å². The van der Waals surface area contributed by atoms with Crippen LogP contribution in [0.15, 0.2) is 107 Å². The van der Waals surface area contributed by atoms with Crippen LogP contribution >= 0.6 is 15.9 Å². The maximum atomic E-state index is 12.7. The van der Waals surface area contributed by atoms with E-state index in [2.05, 4.69) is 31.8 Å². The van der Waals surface area contributed by atoms with Crippen molar-refractivity contribution in [1.29, 1.82) is 0 Å². The number of hydrazone groups is 1. The van der Waals surface area contributed by atoms with E-state index in [4.69, 9.17) is 9.47 Å². The molecule has 43 heavy (non-hydrogen) atoms. The molecule has 0 aromatic heterocycles. The van der Waals surface area contributed by atoms with Gasteiger partial charge in [0.2, 0.25) is 0 Å². The second kappa shape index (κ2) is 14.3. The van der Waals surface area contributed by atoms with E-state index in [1.807, 2.05) is 0 Å². The highest BCUT2D eigenvalue weighted by molar-refractivity contribution is 9.10. The third kappa shape index (κ3) is 8.68. The molecule has 11 nitrogen and oxygen atoms in total. The number of rotatable bonds is 10. The standard InChI is InChI=1S/C31H23BrN4O7/c1-42-27-7-3-5-22(18-27)30(38)34-25-6-2-4-21(17-25)31(39)35-33-19-23-16-24(32)11-14-28(23)43-29(37)15-10-20-8-12-26(13-9-20)36(40)41/h2-19H,1H3,(H,34,38)(H,35,39)/b15-10+,33-19?. The molecule has 0 heterocycles. The van der Waals surface area contributed by atoms with E-state index < -0.39 is 16.8 Å². The average molecular weight is 643 g/mol. The number of hydrogen-bond acceptors (Lipinski definition) is 8. The molecule has 0 radical (unpaired) electrons. The molecule has 0 spiro atoms. The number of ether oxygens (including phenoxy) is 2. The lowest BCUT2D eigenvalue weighted by Crippen LogP contribution is -2.18. The van der Waals surface area contributed by atoms with Gasteiger partial charge in [-0.2, -0.15) is 5.10 Å². The van der Waals surface area contributed by atoms with E-state index in [0.29, 0.717) is 32.6 Å². The first-order chi connectivity index (χ1) is 20.7. The average Bonchev–Trinajstić information content (AvgIpc) is 3.01. The summed E-state index contributed by atoms with van der Waals surface area (Å²) in [5, 5.41) is 17.5. The Morgan fingerprint density at radius 3 is 2.35 bits per heavy atom. The number of nitro benzene ring substituents is 1. The molecule has 12 heteroatoms. The Labute approximate surface area is 254 Å². The molecule has 0 bridgehead atoms. The zero-order valence-electron chi connectivity index (χ0n) is 22.5. The normalized spacial score (nSPS) is 10.8. The molecule has 2 N–H and O–H groups in total. The van der Waals surface area contributed by atoms with Crippen LogP contribution in [-0.2, 0) is 4.79 Å². The molecule has 0 aliphatic heterocycles. The molecule has 0 aliphatic rings. The lowest BCUT2D eigenvalue weighted by atomic mass is 10.1. The Bertz CT molecular complexity index is 1740. The van der Waals surface area contributed by atoms with Crippen LogP contribution in [0.1, 0.15) is 31.8 Å². The largest absolute Gasteiger partial charge is 0.497 e. The molecular formula is C31H23BrN4O7. The van der Waals surface area contributed by atoms with Gasteiger partial charge in [-0.3, -0.25) is 19.7 Å². The monoisotopic (exact) mass is 642 g/mol. The van der Waals surface area contributed by atoms with Crippen molar-refractivity contribution in [2.45, 2.75) is 0 Å². The number of nitrogens with zero attached hydrogens (tertiary/aromatic N) is 2. The van der Waals surface area contributed by atoms with Gasteiger partial charge in [0.25, 0.3) is 17.5 Å². The van der Waals surface area contributed by atoms with Crippen molar-refractivity contribution in [1.82, 2.24) is 5.43 Å². The summed E-state index contributed by atoms with van der Waals surface area (Å²) in [6, 6.07) is 23.6. The van der Waals surface area contributed by atoms with Crippen molar-refractivity contribution < 1.29 is 28.8 Å². The van der Waals surface area contributed by atoms with Crippen LogP contribution in [0, 0.1) is 10.1 Å². The van der Waals surface area contributed by atoms with Crippen molar-refractivity contribution in [2.75, 3.05) is 12.4 Å². The van der Waals surface area contributed by atoms with Crippen molar-refractivity contribution in [3.8, 4) is 11.5 Å². The second-order valence-corrected chi connectivity index (χ2v) is 9.67. The fourth-order valence-corrected chi connectivity index (χ4v) is 4.04. The number of hydrogen-bond donors (Lipinski definition) is 2. The maximum Gasteiger partial charge on any atom is 0.336 e. The van der Waals surface area contributed by atoms with Crippen molar-refractivity contribution in [3.05, 3.63) is 134 Å². The molecule has 0 atom stereocenters. The summed E-state index contributed by atoms with van der Waals surface area (Å²) < 4.78 is 11.3. The third-order valence-electron chi connectivity index (χ3n) is 5.78. The van der Waals surface area contributed by atoms with Crippen molar-refractivity contribution in [3.63, 3.8) is 0 Å². The number of carbonyl (C=O) groups is 3. The predicted molar refractivity (Wildman–Crippen MR) is 164 cm³/mol. The first kappa shape index (κ1) is 30.3. The number of carbonyl (C=O) groups excluding carboxylic acids is 3. The second-order valence-electron chi connectivity index (χ2n) is 8.75. The number of amides is 2. The zero-order chi connectivity index (χ0) is 30.8. The number of non-ortho nitro benzene ring substituents is 1. The molecule has 216 valence electrons. The van der Waals surface area contributed by atoms with E-state index >= 15 is 0 Å². The van der Waals surface area contributed by atoms with Gasteiger partial charge in [0, 0.05) is 45.1 Å². The highest BCUT2D eigenvalue weighted by atomic mass is 79.9. The molecule has 0 unspecified atom stereocenters. The Balaban J connectivity index is 1.39.